The summed E-state index contributed by atoms with van der Waals surface area (Å²) in [5.74, 6) is 0.677. The first-order valence-corrected chi connectivity index (χ1v) is 7.82. The number of hydrogen-bond acceptors (Lipinski definition) is 3. The molecule has 0 spiro atoms. The molecule has 0 bridgehead atoms. The van der Waals surface area contributed by atoms with E-state index >= 15 is 0 Å². The average molecular weight is 293 g/mol. The molecule has 21 heavy (non-hydrogen) atoms. The third-order valence-electron chi connectivity index (χ3n) is 3.54. The summed E-state index contributed by atoms with van der Waals surface area (Å²) < 4.78 is 5.58. The number of carbonyl (C=O) groups is 1. The Balaban J connectivity index is 2.92. The van der Waals surface area contributed by atoms with Gasteiger partial charge in [0, 0.05) is 18.2 Å². The standard InChI is InChI=1S/C17H27NO3/c1-4-12-21-16-9-7-8-14(13-16)17(20)18(10-11-19)15(5-2)6-3/h7-9,13,15,19H,4-6,10-12H2,1-3H3. The van der Waals surface area contributed by atoms with Crippen LogP contribution in [0.25, 0.3) is 0 Å². The van der Waals surface area contributed by atoms with Crippen molar-refractivity contribution in [1.82, 2.24) is 4.90 Å². The molecule has 0 radical (unpaired) electrons. The lowest BCUT2D eigenvalue weighted by Crippen LogP contribution is -2.41. The Hall–Kier alpha value is -1.55. The minimum Gasteiger partial charge on any atom is -0.494 e. The second-order valence-corrected chi connectivity index (χ2v) is 5.07. The van der Waals surface area contributed by atoms with Gasteiger partial charge in [-0.05, 0) is 37.5 Å². The van der Waals surface area contributed by atoms with E-state index in [2.05, 4.69) is 13.8 Å². The Morgan fingerprint density at radius 3 is 2.57 bits per heavy atom. The van der Waals surface area contributed by atoms with Crippen LogP contribution in [0.2, 0.25) is 0 Å². The Bertz CT molecular complexity index is 430. The number of benzene rings is 1. The maximum Gasteiger partial charge on any atom is 0.254 e. The molecular weight excluding hydrogens is 266 g/mol. The summed E-state index contributed by atoms with van der Waals surface area (Å²) in [5, 5.41) is 9.22. The minimum absolute atomic E-state index is 0.0196. The summed E-state index contributed by atoms with van der Waals surface area (Å²) in [6, 6.07) is 7.44. The first-order chi connectivity index (χ1) is 10.2. The number of nitrogens with zero attached hydrogens (tertiary/aromatic N) is 1. The highest BCUT2D eigenvalue weighted by Gasteiger charge is 2.22. The van der Waals surface area contributed by atoms with Crippen LogP contribution in [0.4, 0.5) is 0 Å². The van der Waals surface area contributed by atoms with Gasteiger partial charge in [-0.25, -0.2) is 0 Å². The molecule has 1 amide bonds. The van der Waals surface area contributed by atoms with Crippen LogP contribution < -0.4 is 4.74 Å². The summed E-state index contributed by atoms with van der Waals surface area (Å²) in [7, 11) is 0. The zero-order valence-electron chi connectivity index (χ0n) is 13.3. The normalized spacial score (nSPS) is 10.7. The van der Waals surface area contributed by atoms with Crippen molar-refractivity contribution in [3.05, 3.63) is 29.8 Å². The molecule has 1 rings (SSSR count). The van der Waals surface area contributed by atoms with Gasteiger partial charge in [-0.15, -0.1) is 0 Å². The van der Waals surface area contributed by atoms with Crippen molar-refractivity contribution in [3.8, 4) is 5.75 Å². The second kappa shape index (κ2) is 9.40. The number of ether oxygens (including phenoxy) is 1. The number of aliphatic hydroxyl groups excluding tert-OH is 1. The van der Waals surface area contributed by atoms with Crippen LogP contribution in [-0.2, 0) is 0 Å². The molecule has 0 aromatic heterocycles. The number of aliphatic hydroxyl groups is 1. The predicted octanol–water partition coefficient (Wildman–Crippen LogP) is 3.10. The molecule has 0 aliphatic rings. The van der Waals surface area contributed by atoms with Gasteiger partial charge in [0.25, 0.3) is 5.91 Å². The maximum atomic E-state index is 12.7. The van der Waals surface area contributed by atoms with Gasteiger partial charge in [-0.3, -0.25) is 4.79 Å². The molecule has 0 saturated carbocycles. The fraction of sp³-hybridized carbons (Fsp3) is 0.588. The number of carbonyl (C=O) groups excluding carboxylic acids is 1. The van der Waals surface area contributed by atoms with E-state index in [4.69, 9.17) is 4.74 Å². The molecule has 118 valence electrons. The predicted molar refractivity (Wildman–Crippen MR) is 84.7 cm³/mol. The monoisotopic (exact) mass is 293 g/mol. The van der Waals surface area contributed by atoms with Gasteiger partial charge in [0.05, 0.1) is 13.2 Å². The van der Waals surface area contributed by atoms with Crippen LogP contribution in [-0.4, -0.2) is 41.7 Å². The van der Waals surface area contributed by atoms with E-state index in [0.29, 0.717) is 18.7 Å². The highest BCUT2D eigenvalue weighted by atomic mass is 16.5. The molecule has 0 atom stereocenters. The van der Waals surface area contributed by atoms with Gasteiger partial charge >= 0.3 is 0 Å². The average Bonchev–Trinajstić information content (AvgIpc) is 2.52. The van der Waals surface area contributed by atoms with E-state index in [1.165, 1.54) is 0 Å². The Labute approximate surface area is 127 Å². The van der Waals surface area contributed by atoms with Crippen LogP contribution in [0, 0.1) is 0 Å². The lowest BCUT2D eigenvalue weighted by molar-refractivity contribution is 0.0622. The SMILES string of the molecule is CCCOc1cccc(C(=O)N(CCO)C(CC)CC)c1. The topological polar surface area (TPSA) is 49.8 Å². The van der Waals surface area contributed by atoms with Crippen LogP contribution in [0.3, 0.4) is 0 Å². The van der Waals surface area contributed by atoms with Crippen molar-refractivity contribution in [2.24, 2.45) is 0 Å². The molecule has 0 aliphatic carbocycles. The van der Waals surface area contributed by atoms with Gasteiger partial charge in [0.15, 0.2) is 0 Å². The van der Waals surface area contributed by atoms with Crippen LogP contribution in [0.15, 0.2) is 24.3 Å². The van der Waals surface area contributed by atoms with Crippen LogP contribution in [0.5, 0.6) is 5.75 Å². The second-order valence-electron chi connectivity index (χ2n) is 5.07. The van der Waals surface area contributed by atoms with Gasteiger partial charge < -0.3 is 14.7 Å². The van der Waals surface area contributed by atoms with Crippen molar-refractivity contribution in [2.45, 2.75) is 46.1 Å². The fourth-order valence-corrected chi connectivity index (χ4v) is 2.39. The highest BCUT2D eigenvalue weighted by Crippen LogP contribution is 2.18. The maximum absolute atomic E-state index is 12.7. The molecular formula is C17H27NO3. The first kappa shape index (κ1) is 17.5. The summed E-state index contributed by atoms with van der Waals surface area (Å²) >= 11 is 0. The minimum atomic E-state index is -0.0419. The number of amides is 1. The largest absolute Gasteiger partial charge is 0.494 e. The lowest BCUT2D eigenvalue weighted by Gasteiger charge is -2.30. The number of rotatable bonds is 9. The Kier molecular flexibility index (Phi) is 7.83. The Morgan fingerprint density at radius 1 is 1.29 bits per heavy atom. The van der Waals surface area contributed by atoms with Gasteiger partial charge in [-0.1, -0.05) is 26.8 Å². The molecule has 0 unspecified atom stereocenters. The molecule has 1 aromatic rings. The van der Waals surface area contributed by atoms with E-state index in [1.54, 1.807) is 17.0 Å². The zero-order valence-corrected chi connectivity index (χ0v) is 13.3. The van der Waals surface area contributed by atoms with Crippen molar-refractivity contribution < 1.29 is 14.6 Å². The summed E-state index contributed by atoms with van der Waals surface area (Å²) in [6.07, 6.45) is 2.70. The van der Waals surface area contributed by atoms with Crippen molar-refractivity contribution in [2.75, 3.05) is 19.8 Å². The molecule has 0 heterocycles. The molecule has 0 aliphatic heterocycles. The van der Waals surface area contributed by atoms with Gasteiger partial charge in [-0.2, -0.15) is 0 Å². The fourth-order valence-electron chi connectivity index (χ4n) is 2.39. The van der Waals surface area contributed by atoms with Crippen LogP contribution in [0.1, 0.15) is 50.4 Å². The molecule has 4 nitrogen and oxygen atoms in total. The smallest absolute Gasteiger partial charge is 0.254 e. The zero-order chi connectivity index (χ0) is 15.7. The van der Waals surface area contributed by atoms with Crippen molar-refractivity contribution in [1.29, 1.82) is 0 Å². The highest BCUT2D eigenvalue weighted by molar-refractivity contribution is 5.94. The summed E-state index contributed by atoms with van der Waals surface area (Å²) in [4.78, 5) is 14.4. The quantitative estimate of drug-likeness (QED) is 0.761. The Morgan fingerprint density at radius 2 is 2.00 bits per heavy atom. The molecule has 0 saturated heterocycles. The number of hydrogen-bond donors (Lipinski definition) is 1. The molecule has 1 aromatic carbocycles. The first-order valence-electron chi connectivity index (χ1n) is 7.82. The van der Waals surface area contributed by atoms with E-state index in [0.717, 1.165) is 25.0 Å². The third-order valence-corrected chi connectivity index (χ3v) is 3.54. The summed E-state index contributed by atoms with van der Waals surface area (Å²) in [6.45, 7) is 7.16. The van der Waals surface area contributed by atoms with Crippen molar-refractivity contribution >= 4 is 5.91 Å². The van der Waals surface area contributed by atoms with E-state index in [1.807, 2.05) is 19.1 Å². The van der Waals surface area contributed by atoms with E-state index in [9.17, 15) is 9.90 Å². The molecule has 1 N–H and O–H groups in total. The van der Waals surface area contributed by atoms with E-state index in [-0.39, 0.29) is 18.6 Å². The molecule has 4 heteroatoms. The van der Waals surface area contributed by atoms with Gasteiger partial charge in [0.1, 0.15) is 5.75 Å². The lowest BCUT2D eigenvalue weighted by atomic mass is 10.1. The van der Waals surface area contributed by atoms with Crippen LogP contribution >= 0.6 is 0 Å². The van der Waals surface area contributed by atoms with Crippen molar-refractivity contribution in [3.63, 3.8) is 0 Å². The van der Waals surface area contributed by atoms with Gasteiger partial charge in [0.2, 0.25) is 0 Å². The van der Waals surface area contributed by atoms with E-state index < -0.39 is 0 Å². The summed E-state index contributed by atoms with van der Waals surface area (Å²) in [5.41, 5.74) is 0.615. The third kappa shape index (κ3) is 5.05. The molecule has 0 fully saturated rings.